The average molecular weight is 495 g/mol. The van der Waals surface area contributed by atoms with Crippen molar-refractivity contribution < 1.29 is 22.3 Å². The minimum atomic E-state index is -3.49. The topological polar surface area (TPSA) is 84.9 Å². The van der Waals surface area contributed by atoms with Crippen LogP contribution in [-0.4, -0.2) is 66.6 Å². The third-order valence-corrected chi connectivity index (χ3v) is 7.09. The number of thiocarbonyl (C=S) groups is 1. The van der Waals surface area contributed by atoms with E-state index in [1.54, 1.807) is 11.0 Å². The smallest absolute Gasteiger partial charge is 0.259 e. The Kier molecular flexibility index (Phi) is 6.71. The molecule has 0 spiro atoms. The molecule has 1 fully saturated rings. The quantitative estimate of drug-likeness (QED) is 0.582. The van der Waals surface area contributed by atoms with Gasteiger partial charge in [-0.05, 0) is 50.2 Å². The molecular formula is C22H27FN4O4S2. The highest BCUT2D eigenvalue weighted by Gasteiger charge is 2.28. The van der Waals surface area contributed by atoms with Gasteiger partial charge in [0, 0.05) is 44.8 Å². The van der Waals surface area contributed by atoms with Gasteiger partial charge in [0.15, 0.2) is 9.84 Å². The number of fused-ring (bicyclic) bond motifs is 1. The fourth-order valence-electron chi connectivity index (χ4n) is 4.05. The normalized spacial score (nSPS) is 16.8. The number of anilines is 2. The van der Waals surface area contributed by atoms with E-state index in [2.05, 4.69) is 9.97 Å². The van der Waals surface area contributed by atoms with Crippen molar-refractivity contribution in [1.29, 1.82) is 0 Å². The second-order valence-corrected chi connectivity index (χ2v) is 10.9. The molecule has 0 N–H and O–H groups in total. The first-order chi connectivity index (χ1) is 15.6. The molecule has 2 aliphatic heterocycles. The zero-order valence-corrected chi connectivity index (χ0v) is 20.5. The molecule has 33 heavy (non-hydrogen) atoms. The molecular weight excluding hydrogens is 467 g/mol. The Bertz CT molecular complexity index is 1150. The fraction of sp³-hybridized carbons (Fsp3) is 0.500. The summed E-state index contributed by atoms with van der Waals surface area (Å²) in [5, 5.41) is 0.515. The lowest BCUT2D eigenvalue weighted by Gasteiger charge is -2.33. The van der Waals surface area contributed by atoms with E-state index in [0.29, 0.717) is 41.1 Å². The standard InChI is InChI=1S/C22H27FN4O4S2/c1-14(2)30-22(32)26-7-5-16(6-8-26)31-20-12-19(24-13-25-20)27-9-4-15-10-17(33(3,28)29)11-18(23)21(15)27/h10-14,16H,4-9H2,1-3H3. The molecule has 0 saturated carbocycles. The summed E-state index contributed by atoms with van der Waals surface area (Å²) >= 11 is 5.34. The van der Waals surface area contributed by atoms with Crippen LogP contribution in [0.3, 0.4) is 0 Å². The first kappa shape index (κ1) is 23.6. The lowest BCUT2D eigenvalue weighted by atomic mass is 10.1. The molecule has 0 aliphatic carbocycles. The van der Waals surface area contributed by atoms with Crippen molar-refractivity contribution in [3.05, 3.63) is 35.9 Å². The molecule has 1 aromatic heterocycles. The molecule has 178 valence electrons. The summed E-state index contributed by atoms with van der Waals surface area (Å²) in [6, 6.07) is 4.29. The van der Waals surface area contributed by atoms with Crippen LogP contribution in [0.15, 0.2) is 29.4 Å². The van der Waals surface area contributed by atoms with Crippen LogP contribution in [0.2, 0.25) is 0 Å². The zero-order valence-electron chi connectivity index (χ0n) is 18.8. The van der Waals surface area contributed by atoms with Crippen molar-refractivity contribution in [3.63, 3.8) is 0 Å². The largest absolute Gasteiger partial charge is 0.474 e. The lowest BCUT2D eigenvalue weighted by molar-refractivity contribution is 0.106. The third-order valence-electron chi connectivity index (χ3n) is 5.65. The van der Waals surface area contributed by atoms with E-state index in [4.69, 9.17) is 21.7 Å². The second kappa shape index (κ2) is 9.38. The molecule has 0 atom stereocenters. The van der Waals surface area contributed by atoms with Gasteiger partial charge in [-0.15, -0.1) is 0 Å². The van der Waals surface area contributed by atoms with Crippen LogP contribution in [0.25, 0.3) is 0 Å². The molecule has 2 aromatic rings. The fourth-order valence-corrected chi connectivity index (χ4v) is 5.10. The minimum absolute atomic E-state index is 0.0167. The van der Waals surface area contributed by atoms with E-state index in [-0.39, 0.29) is 17.1 Å². The summed E-state index contributed by atoms with van der Waals surface area (Å²) in [4.78, 5) is 12.3. The van der Waals surface area contributed by atoms with Gasteiger partial charge >= 0.3 is 0 Å². The van der Waals surface area contributed by atoms with Crippen molar-refractivity contribution in [3.8, 4) is 5.88 Å². The van der Waals surface area contributed by atoms with Crippen LogP contribution in [0, 0.1) is 5.82 Å². The van der Waals surface area contributed by atoms with Crippen LogP contribution in [0.5, 0.6) is 5.88 Å². The maximum absolute atomic E-state index is 14.9. The molecule has 1 saturated heterocycles. The highest BCUT2D eigenvalue weighted by molar-refractivity contribution is 7.90. The highest BCUT2D eigenvalue weighted by Crippen LogP contribution is 2.38. The Morgan fingerprint density at radius 1 is 1.18 bits per heavy atom. The molecule has 3 heterocycles. The van der Waals surface area contributed by atoms with E-state index in [0.717, 1.165) is 38.3 Å². The maximum atomic E-state index is 14.9. The van der Waals surface area contributed by atoms with E-state index >= 15 is 0 Å². The van der Waals surface area contributed by atoms with Crippen LogP contribution < -0.4 is 9.64 Å². The van der Waals surface area contributed by atoms with Crippen molar-refractivity contribution >= 4 is 38.7 Å². The molecule has 4 rings (SSSR count). The zero-order chi connectivity index (χ0) is 23.8. The Balaban J connectivity index is 1.45. The van der Waals surface area contributed by atoms with E-state index < -0.39 is 15.7 Å². The first-order valence-corrected chi connectivity index (χ1v) is 13.2. The number of halogens is 1. The number of hydrogen-bond acceptors (Lipinski definition) is 8. The number of piperidine rings is 1. The highest BCUT2D eigenvalue weighted by atomic mass is 32.2. The molecule has 2 aliphatic rings. The minimum Gasteiger partial charge on any atom is -0.474 e. The van der Waals surface area contributed by atoms with E-state index in [9.17, 15) is 12.8 Å². The average Bonchev–Trinajstić information content (AvgIpc) is 3.18. The van der Waals surface area contributed by atoms with Crippen LogP contribution in [-0.2, 0) is 21.0 Å². The number of benzene rings is 1. The number of ether oxygens (including phenoxy) is 2. The van der Waals surface area contributed by atoms with Gasteiger partial charge in [-0.25, -0.2) is 22.8 Å². The first-order valence-electron chi connectivity index (χ1n) is 10.9. The van der Waals surface area contributed by atoms with E-state index in [1.807, 2.05) is 18.7 Å². The Morgan fingerprint density at radius 2 is 1.91 bits per heavy atom. The van der Waals surface area contributed by atoms with Gasteiger partial charge in [0.1, 0.15) is 24.1 Å². The number of nitrogens with zero attached hydrogens (tertiary/aromatic N) is 4. The summed E-state index contributed by atoms with van der Waals surface area (Å²) in [6.07, 6.45) is 4.56. The number of hydrogen-bond donors (Lipinski definition) is 0. The Labute approximate surface area is 198 Å². The van der Waals surface area contributed by atoms with Crippen LogP contribution in [0.1, 0.15) is 32.3 Å². The van der Waals surface area contributed by atoms with Gasteiger partial charge in [0.2, 0.25) is 5.88 Å². The Hall–Kier alpha value is -2.53. The maximum Gasteiger partial charge on any atom is 0.259 e. The Morgan fingerprint density at radius 3 is 2.58 bits per heavy atom. The molecule has 1 aromatic carbocycles. The lowest BCUT2D eigenvalue weighted by Crippen LogP contribution is -2.42. The predicted octanol–water partition coefficient (Wildman–Crippen LogP) is 3.27. The van der Waals surface area contributed by atoms with Crippen LogP contribution in [0.4, 0.5) is 15.9 Å². The SMILES string of the molecule is CC(C)OC(=S)N1CCC(Oc2cc(N3CCc4cc(S(C)(=O)=O)cc(F)c43)ncn2)CC1. The summed E-state index contributed by atoms with van der Waals surface area (Å²) in [5.41, 5.74) is 0.988. The van der Waals surface area contributed by atoms with E-state index in [1.165, 1.54) is 12.4 Å². The molecule has 11 heteroatoms. The van der Waals surface area contributed by atoms with Gasteiger partial charge in [-0.2, -0.15) is 0 Å². The number of sulfone groups is 1. The monoisotopic (exact) mass is 494 g/mol. The van der Waals surface area contributed by atoms with Crippen LogP contribution >= 0.6 is 12.2 Å². The van der Waals surface area contributed by atoms with Gasteiger partial charge in [0.05, 0.1) is 16.7 Å². The van der Waals surface area contributed by atoms with Crippen molar-refractivity contribution in [2.24, 2.45) is 0 Å². The molecule has 0 radical (unpaired) electrons. The second-order valence-electron chi connectivity index (χ2n) is 8.54. The van der Waals surface area contributed by atoms with Gasteiger partial charge < -0.3 is 19.3 Å². The molecule has 8 nitrogen and oxygen atoms in total. The van der Waals surface area contributed by atoms with Gasteiger partial charge in [-0.3, -0.25) is 0 Å². The summed E-state index contributed by atoms with van der Waals surface area (Å²) in [7, 11) is -3.49. The summed E-state index contributed by atoms with van der Waals surface area (Å²) in [6.45, 7) is 5.86. The van der Waals surface area contributed by atoms with Crippen molar-refractivity contribution in [2.45, 2.75) is 50.2 Å². The summed E-state index contributed by atoms with van der Waals surface area (Å²) in [5.74, 6) is 0.341. The molecule has 0 unspecified atom stereocenters. The molecule has 0 amide bonds. The predicted molar refractivity (Wildman–Crippen MR) is 126 cm³/mol. The molecule has 0 bridgehead atoms. The van der Waals surface area contributed by atoms with Gasteiger partial charge in [-0.1, -0.05) is 0 Å². The number of aromatic nitrogens is 2. The van der Waals surface area contributed by atoms with Crippen molar-refractivity contribution in [2.75, 3.05) is 30.8 Å². The van der Waals surface area contributed by atoms with Gasteiger partial charge in [0.25, 0.3) is 5.17 Å². The summed E-state index contributed by atoms with van der Waals surface area (Å²) < 4.78 is 50.2. The number of likely N-dealkylation sites (tertiary alicyclic amines) is 1. The third kappa shape index (κ3) is 5.35. The number of rotatable bonds is 5. The van der Waals surface area contributed by atoms with Crippen molar-refractivity contribution in [1.82, 2.24) is 14.9 Å².